The minimum absolute atomic E-state index is 0. The van der Waals surface area contributed by atoms with Crippen LogP contribution in [0.4, 0.5) is 13.2 Å². The average Bonchev–Trinajstić information content (AvgIpc) is 2.48. The number of benzene rings is 1. The maximum Gasteiger partial charge on any atom is 1.00 e. The first-order valence-corrected chi connectivity index (χ1v) is 8.02. The minimum Gasteiger partial charge on any atom is -0.545 e. The number of rotatable bonds is 5. The second-order valence-electron chi connectivity index (χ2n) is 6.19. The van der Waals surface area contributed by atoms with Crippen molar-refractivity contribution in [1.29, 1.82) is 0 Å². The number of alkyl halides is 3. The van der Waals surface area contributed by atoms with E-state index in [1.165, 1.54) is 13.0 Å². The van der Waals surface area contributed by atoms with Crippen molar-refractivity contribution in [2.75, 3.05) is 6.61 Å². The van der Waals surface area contributed by atoms with Crippen molar-refractivity contribution in [2.45, 2.75) is 39.5 Å². The summed E-state index contributed by atoms with van der Waals surface area (Å²) in [5.41, 5.74) is -0.573. The van der Waals surface area contributed by atoms with E-state index in [9.17, 15) is 23.1 Å². The van der Waals surface area contributed by atoms with Gasteiger partial charge in [0, 0.05) is 16.7 Å². The topological polar surface area (TPSA) is 58.6 Å². The molecule has 1 aliphatic heterocycles. The molecule has 0 spiro atoms. The largest absolute Gasteiger partial charge is 1.00 e. The zero-order valence-corrected chi connectivity index (χ0v) is 17.6. The molecule has 0 aliphatic carbocycles. The van der Waals surface area contributed by atoms with Gasteiger partial charge in [-0.05, 0) is 31.4 Å². The molecule has 0 saturated heterocycles. The van der Waals surface area contributed by atoms with Crippen LogP contribution in [0.15, 0.2) is 11.6 Å². The van der Waals surface area contributed by atoms with Crippen molar-refractivity contribution in [3.8, 4) is 11.5 Å². The molecule has 0 bridgehead atoms. The van der Waals surface area contributed by atoms with Gasteiger partial charge < -0.3 is 19.4 Å². The van der Waals surface area contributed by atoms with Gasteiger partial charge >= 0.3 is 35.7 Å². The van der Waals surface area contributed by atoms with E-state index in [2.05, 4.69) is 0 Å². The van der Waals surface area contributed by atoms with Gasteiger partial charge in [-0.1, -0.05) is 25.4 Å². The van der Waals surface area contributed by atoms with Gasteiger partial charge in [-0.25, -0.2) is 0 Å². The number of halogens is 4. The van der Waals surface area contributed by atoms with Crippen LogP contribution in [0.2, 0.25) is 5.02 Å². The van der Waals surface area contributed by atoms with Crippen LogP contribution in [0.5, 0.6) is 11.5 Å². The molecular weight excluding hydrogens is 384 g/mol. The van der Waals surface area contributed by atoms with E-state index in [1.807, 2.05) is 13.8 Å². The van der Waals surface area contributed by atoms with E-state index >= 15 is 0 Å². The first kappa shape index (κ1) is 23.1. The first-order chi connectivity index (χ1) is 11.5. The van der Waals surface area contributed by atoms with Crippen molar-refractivity contribution in [2.24, 2.45) is 5.92 Å². The quantitative estimate of drug-likeness (QED) is 0.677. The molecule has 0 aromatic heterocycles. The molecule has 9 heteroatoms. The molecule has 0 N–H and O–H groups in total. The molecular formula is C17H17ClF3NaO4. The van der Waals surface area contributed by atoms with Crippen molar-refractivity contribution < 1.29 is 62.1 Å². The molecule has 2 rings (SSSR count). The van der Waals surface area contributed by atoms with Crippen molar-refractivity contribution in [1.82, 2.24) is 0 Å². The third-order valence-corrected chi connectivity index (χ3v) is 4.03. The molecule has 0 unspecified atom stereocenters. The molecule has 4 nitrogen and oxygen atoms in total. The summed E-state index contributed by atoms with van der Waals surface area (Å²) in [7, 11) is 0. The van der Waals surface area contributed by atoms with Crippen molar-refractivity contribution in [3.05, 3.63) is 27.8 Å². The Hall–Kier alpha value is -0.890. The Balaban J connectivity index is 0.00000338. The molecule has 0 amide bonds. The van der Waals surface area contributed by atoms with Gasteiger partial charge in [0.25, 0.3) is 0 Å². The van der Waals surface area contributed by atoms with Gasteiger partial charge in [0.15, 0.2) is 0 Å². The summed E-state index contributed by atoms with van der Waals surface area (Å²) in [4.78, 5) is 11.0. The molecule has 0 radical (unpaired) electrons. The standard InChI is InChI=1S/C17H18ClF3O4.Na/c1-8(2)4-5-24-14-9(3)13-10(7-12(14)18)6-11(16(22)23)15(25-13)17(19,20)21;/h6-8,15H,4-5H2,1-3H3,(H,22,23);/q;+1/p-1/t15-;/m0./s1. The molecule has 1 aromatic rings. The molecule has 0 saturated carbocycles. The van der Waals surface area contributed by atoms with Gasteiger partial charge in [0.05, 0.1) is 17.6 Å². The number of hydrogen-bond acceptors (Lipinski definition) is 4. The zero-order valence-electron chi connectivity index (χ0n) is 14.9. The van der Waals surface area contributed by atoms with Crippen LogP contribution in [0.1, 0.15) is 31.4 Å². The number of hydrogen-bond donors (Lipinski definition) is 0. The molecule has 138 valence electrons. The maximum absolute atomic E-state index is 13.1. The summed E-state index contributed by atoms with van der Waals surface area (Å²) < 4.78 is 50.0. The van der Waals surface area contributed by atoms with Gasteiger partial charge in [0.1, 0.15) is 11.5 Å². The first-order valence-electron chi connectivity index (χ1n) is 7.64. The van der Waals surface area contributed by atoms with E-state index in [0.29, 0.717) is 12.5 Å². The fourth-order valence-electron chi connectivity index (χ4n) is 2.44. The fraction of sp³-hybridized carbons (Fsp3) is 0.471. The Morgan fingerprint density at radius 2 is 2.04 bits per heavy atom. The third-order valence-electron chi connectivity index (χ3n) is 3.75. The molecule has 1 atom stereocenters. The summed E-state index contributed by atoms with van der Waals surface area (Å²) in [5.74, 6) is -1.43. The minimum atomic E-state index is -4.89. The smallest absolute Gasteiger partial charge is 0.545 e. The van der Waals surface area contributed by atoms with E-state index in [1.54, 1.807) is 0 Å². The number of carbonyl (C=O) groups is 1. The Morgan fingerprint density at radius 3 is 2.54 bits per heavy atom. The summed E-state index contributed by atoms with van der Waals surface area (Å²) in [5, 5.41) is 11.2. The van der Waals surface area contributed by atoms with Crippen LogP contribution < -0.4 is 44.1 Å². The van der Waals surface area contributed by atoms with E-state index in [0.717, 1.165) is 12.5 Å². The molecule has 1 heterocycles. The van der Waals surface area contributed by atoms with Gasteiger partial charge in [-0.15, -0.1) is 0 Å². The van der Waals surface area contributed by atoms with Crippen LogP contribution in [-0.2, 0) is 4.79 Å². The summed E-state index contributed by atoms with van der Waals surface area (Å²) in [6, 6.07) is 1.32. The van der Waals surface area contributed by atoms with Crippen LogP contribution in [0, 0.1) is 12.8 Å². The third kappa shape index (κ3) is 5.09. The zero-order chi connectivity index (χ0) is 18.9. The van der Waals surface area contributed by atoms with E-state index < -0.39 is 23.8 Å². The van der Waals surface area contributed by atoms with E-state index in [4.69, 9.17) is 21.1 Å². The number of aliphatic carboxylic acids is 1. The summed E-state index contributed by atoms with van der Waals surface area (Å²) >= 11 is 6.14. The van der Waals surface area contributed by atoms with Gasteiger partial charge in [0.2, 0.25) is 6.10 Å². The van der Waals surface area contributed by atoms with Gasteiger partial charge in [-0.3, -0.25) is 0 Å². The normalized spacial score (nSPS) is 16.3. The maximum atomic E-state index is 13.1. The van der Waals surface area contributed by atoms with Crippen LogP contribution in [0.3, 0.4) is 0 Å². The molecule has 1 aliphatic rings. The molecule has 1 aromatic carbocycles. The molecule has 0 fully saturated rings. The SMILES string of the molecule is Cc1c(OCCC(C)C)c(Cl)cc2c1O[C@H](C(F)(F)F)C(C(=O)[O-])=C2.[Na+]. The van der Waals surface area contributed by atoms with Crippen molar-refractivity contribution in [3.63, 3.8) is 0 Å². The number of carbonyl (C=O) groups excluding carboxylic acids is 1. The molecule has 26 heavy (non-hydrogen) atoms. The van der Waals surface area contributed by atoms with Crippen LogP contribution in [-0.4, -0.2) is 24.9 Å². The monoisotopic (exact) mass is 400 g/mol. The number of carboxylic acid groups (broad SMARTS) is 1. The second kappa shape index (κ2) is 8.87. The summed E-state index contributed by atoms with van der Waals surface area (Å²) in [6.07, 6.45) is -5.88. The number of carboxylic acids is 1. The second-order valence-corrected chi connectivity index (χ2v) is 6.60. The van der Waals surface area contributed by atoms with Crippen LogP contribution >= 0.6 is 11.6 Å². The summed E-state index contributed by atoms with van der Waals surface area (Å²) in [6.45, 7) is 5.88. The Bertz CT molecular complexity index is 717. The fourth-order valence-corrected chi connectivity index (χ4v) is 2.75. The number of ether oxygens (including phenoxy) is 2. The van der Waals surface area contributed by atoms with Crippen molar-refractivity contribution >= 4 is 23.6 Å². The van der Waals surface area contributed by atoms with Gasteiger partial charge in [-0.2, -0.15) is 13.2 Å². The predicted octanol–water partition coefficient (Wildman–Crippen LogP) is 0.534. The Labute approximate surface area is 176 Å². The van der Waals surface area contributed by atoms with E-state index in [-0.39, 0.29) is 57.2 Å². The average molecular weight is 401 g/mol. The number of fused-ring (bicyclic) bond motifs is 1. The Morgan fingerprint density at radius 1 is 1.42 bits per heavy atom. The predicted molar refractivity (Wildman–Crippen MR) is 84.6 cm³/mol. The Kier molecular flexibility index (Phi) is 7.89. The van der Waals surface area contributed by atoms with Crippen LogP contribution in [0.25, 0.3) is 6.08 Å².